The fourth-order valence-corrected chi connectivity index (χ4v) is 3.45. The first-order valence-electron chi connectivity index (χ1n) is 12.5. The molecule has 2 rings (SSSR count). The predicted molar refractivity (Wildman–Crippen MR) is 146 cm³/mol. The molecule has 4 amide bonds. The predicted octanol–water partition coefficient (Wildman–Crippen LogP) is 1.68. The average molecular weight is 555 g/mol. The lowest BCUT2D eigenvalue weighted by atomic mass is 10.0. The first kappa shape index (κ1) is 31.6. The van der Waals surface area contributed by atoms with E-state index in [0.717, 1.165) is 0 Å². The maximum atomic E-state index is 12.5. The number of benzene rings is 2. The summed E-state index contributed by atoms with van der Waals surface area (Å²) in [6.07, 6.45) is -2.01. The number of nitrogens with one attached hydrogen (secondary N) is 4. The van der Waals surface area contributed by atoms with E-state index in [4.69, 9.17) is 9.84 Å². The third-order valence-corrected chi connectivity index (χ3v) is 5.54. The van der Waals surface area contributed by atoms with E-state index < -0.39 is 36.1 Å². The van der Waals surface area contributed by atoms with Gasteiger partial charge in [-0.1, -0.05) is 43.9 Å². The van der Waals surface area contributed by atoms with Gasteiger partial charge in [-0.3, -0.25) is 9.59 Å². The molecule has 214 valence electrons. The topological polar surface area (TPSA) is 186 Å². The maximum absolute atomic E-state index is 12.5. The van der Waals surface area contributed by atoms with Crippen LogP contribution in [0.1, 0.15) is 43.0 Å². The SMILES string of the molecule is CC(C)[C@H](NC(=O)O)C(=O)N[C@@H](C)C(=O)Nc1ccc(COC(=O)NCC#Cc2cc(CO)cc(CO)c2)cc1. The quantitative estimate of drug-likeness (QED) is 0.204. The highest BCUT2D eigenvalue weighted by atomic mass is 16.5. The number of carbonyl (C=O) groups excluding carboxylic acids is 3. The summed E-state index contributed by atoms with van der Waals surface area (Å²) in [6.45, 7) is 4.50. The standard InChI is InChI=1S/C28H34N4O8/c1-17(2)24(32-27(37)38)26(36)30-18(3)25(35)31-23-8-6-19(7-9-23)16-40-28(39)29-10-4-5-20-11-21(14-33)13-22(12-20)15-34/h6-9,11-13,17-18,24,32-34H,10,14-16H2,1-3H3,(H,29,39)(H,30,36)(H,31,35)(H,37,38)/t18-,24-/m0/s1. The van der Waals surface area contributed by atoms with E-state index in [1.165, 1.54) is 6.92 Å². The molecule has 0 aliphatic carbocycles. The zero-order chi connectivity index (χ0) is 29.7. The molecule has 0 saturated carbocycles. The van der Waals surface area contributed by atoms with E-state index in [9.17, 15) is 29.4 Å². The molecule has 12 heteroatoms. The first-order valence-corrected chi connectivity index (χ1v) is 12.5. The molecule has 0 heterocycles. The van der Waals surface area contributed by atoms with Crippen molar-refractivity contribution in [1.82, 2.24) is 16.0 Å². The number of aliphatic hydroxyl groups excluding tert-OH is 2. The van der Waals surface area contributed by atoms with Crippen LogP contribution in [0.25, 0.3) is 0 Å². The van der Waals surface area contributed by atoms with Crippen molar-refractivity contribution < 1.29 is 39.2 Å². The number of hydrogen-bond acceptors (Lipinski definition) is 7. The van der Waals surface area contributed by atoms with Gasteiger partial charge in [0.2, 0.25) is 11.8 Å². The van der Waals surface area contributed by atoms with Crippen LogP contribution in [0.3, 0.4) is 0 Å². The lowest BCUT2D eigenvalue weighted by Gasteiger charge is -2.22. The molecule has 0 unspecified atom stereocenters. The smallest absolute Gasteiger partial charge is 0.408 e. The van der Waals surface area contributed by atoms with Crippen LogP contribution in [0, 0.1) is 17.8 Å². The van der Waals surface area contributed by atoms with Gasteiger partial charge in [0.05, 0.1) is 19.8 Å². The van der Waals surface area contributed by atoms with E-state index in [0.29, 0.717) is 27.9 Å². The number of alkyl carbamates (subject to hydrolysis) is 1. The van der Waals surface area contributed by atoms with Crippen molar-refractivity contribution in [2.45, 2.75) is 52.7 Å². The minimum absolute atomic E-state index is 0.0223. The molecule has 12 nitrogen and oxygen atoms in total. The second kappa shape index (κ2) is 15.7. The van der Waals surface area contributed by atoms with Crippen molar-refractivity contribution in [1.29, 1.82) is 0 Å². The summed E-state index contributed by atoms with van der Waals surface area (Å²) < 4.78 is 5.16. The average Bonchev–Trinajstić information content (AvgIpc) is 2.92. The fourth-order valence-electron chi connectivity index (χ4n) is 3.45. The van der Waals surface area contributed by atoms with Crippen LogP contribution >= 0.6 is 0 Å². The Kier molecular flexibility index (Phi) is 12.4. The van der Waals surface area contributed by atoms with Gasteiger partial charge >= 0.3 is 12.2 Å². The number of amides is 4. The van der Waals surface area contributed by atoms with Crippen LogP contribution in [-0.4, -0.2) is 57.9 Å². The van der Waals surface area contributed by atoms with E-state index in [1.807, 2.05) is 0 Å². The molecule has 7 N–H and O–H groups in total. The Bertz CT molecular complexity index is 1230. The molecule has 0 radical (unpaired) electrons. The second-order valence-corrected chi connectivity index (χ2v) is 9.17. The number of hydrogen-bond donors (Lipinski definition) is 7. The summed E-state index contributed by atoms with van der Waals surface area (Å²) >= 11 is 0. The van der Waals surface area contributed by atoms with Crippen molar-refractivity contribution in [3.63, 3.8) is 0 Å². The van der Waals surface area contributed by atoms with Gasteiger partial charge in [-0.25, -0.2) is 9.59 Å². The van der Waals surface area contributed by atoms with Crippen LogP contribution in [-0.2, 0) is 34.1 Å². The summed E-state index contributed by atoms with van der Waals surface area (Å²) in [7, 11) is 0. The Balaban J connectivity index is 1.79. The number of carbonyl (C=O) groups is 4. The van der Waals surface area contributed by atoms with Crippen LogP contribution in [0.5, 0.6) is 0 Å². The third-order valence-electron chi connectivity index (χ3n) is 5.54. The molecule has 0 fully saturated rings. The van der Waals surface area contributed by atoms with Gasteiger partial charge < -0.3 is 41.3 Å². The normalized spacial score (nSPS) is 11.8. The van der Waals surface area contributed by atoms with Gasteiger partial charge in [0.25, 0.3) is 0 Å². The molecule has 0 aliphatic heterocycles. The highest BCUT2D eigenvalue weighted by molar-refractivity contribution is 5.98. The van der Waals surface area contributed by atoms with Gasteiger partial charge in [-0.2, -0.15) is 0 Å². The molecule has 0 spiro atoms. The molecular formula is C28H34N4O8. The number of anilines is 1. The summed E-state index contributed by atoms with van der Waals surface area (Å²) in [6, 6.07) is 9.67. The summed E-state index contributed by atoms with van der Waals surface area (Å²) in [5, 5.41) is 37.3. The summed E-state index contributed by atoms with van der Waals surface area (Å²) in [5.74, 6) is 4.22. The van der Waals surface area contributed by atoms with Crippen LogP contribution in [0.15, 0.2) is 42.5 Å². The monoisotopic (exact) mass is 554 g/mol. The number of rotatable bonds is 11. The van der Waals surface area contributed by atoms with Crippen molar-refractivity contribution in [2.24, 2.45) is 5.92 Å². The number of aliphatic hydroxyl groups is 2. The minimum Gasteiger partial charge on any atom is -0.465 e. The Hall–Kier alpha value is -4.60. The zero-order valence-corrected chi connectivity index (χ0v) is 22.5. The molecule has 2 atom stereocenters. The van der Waals surface area contributed by atoms with E-state index in [1.54, 1.807) is 56.3 Å². The van der Waals surface area contributed by atoms with Crippen molar-refractivity contribution in [3.8, 4) is 11.8 Å². The van der Waals surface area contributed by atoms with Gasteiger partial charge in [0.15, 0.2) is 0 Å². The van der Waals surface area contributed by atoms with Crippen LogP contribution in [0.2, 0.25) is 0 Å². The third kappa shape index (κ3) is 10.6. The van der Waals surface area contributed by atoms with E-state index in [2.05, 4.69) is 33.1 Å². The van der Waals surface area contributed by atoms with Crippen molar-refractivity contribution >= 4 is 29.7 Å². The Morgan fingerprint density at radius 2 is 1.50 bits per heavy atom. The molecule has 0 aliphatic rings. The molecule has 2 aromatic rings. The fraction of sp³-hybridized carbons (Fsp3) is 0.357. The minimum atomic E-state index is -1.33. The van der Waals surface area contributed by atoms with E-state index in [-0.39, 0.29) is 32.3 Å². The van der Waals surface area contributed by atoms with Crippen LogP contribution in [0.4, 0.5) is 15.3 Å². The summed E-state index contributed by atoms with van der Waals surface area (Å²) in [5.41, 5.74) is 2.97. The van der Waals surface area contributed by atoms with Gasteiger partial charge in [0.1, 0.15) is 18.7 Å². The summed E-state index contributed by atoms with van der Waals surface area (Å²) in [4.78, 5) is 47.7. The Labute approximate surface area is 232 Å². The second-order valence-electron chi connectivity index (χ2n) is 9.17. The molecule has 0 bridgehead atoms. The lowest BCUT2D eigenvalue weighted by Crippen LogP contribution is -2.53. The lowest BCUT2D eigenvalue weighted by molar-refractivity contribution is -0.128. The van der Waals surface area contributed by atoms with Gasteiger partial charge in [0, 0.05) is 11.3 Å². The molecule has 0 aromatic heterocycles. The highest BCUT2D eigenvalue weighted by Gasteiger charge is 2.26. The number of carboxylic acid groups (broad SMARTS) is 1. The molecule has 2 aromatic carbocycles. The molecule has 40 heavy (non-hydrogen) atoms. The first-order chi connectivity index (χ1) is 19.0. The van der Waals surface area contributed by atoms with E-state index >= 15 is 0 Å². The molecule has 0 saturated heterocycles. The highest BCUT2D eigenvalue weighted by Crippen LogP contribution is 2.12. The van der Waals surface area contributed by atoms with Gasteiger partial charge in [-0.15, -0.1) is 0 Å². The van der Waals surface area contributed by atoms with Crippen molar-refractivity contribution in [2.75, 3.05) is 11.9 Å². The maximum Gasteiger partial charge on any atom is 0.408 e. The molecular weight excluding hydrogens is 520 g/mol. The zero-order valence-electron chi connectivity index (χ0n) is 22.5. The largest absolute Gasteiger partial charge is 0.465 e. The van der Waals surface area contributed by atoms with Gasteiger partial charge in [-0.05, 0) is 53.8 Å². The number of ether oxygens (including phenoxy) is 1. The van der Waals surface area contributed by atoms with Crippen LogP contribution < -0.4 is 21.3 Å². The Morgan fingerprint density at radius 1 is 0.875 bits per heavy atom. The Morgan fingerprint density at radius 3 is 2.05 bits per heavy atom. The van der Waals surface area contributed by atoms with Crippen molar-refractivity contribution in [3.05, 3.63) is 64.7 Å².